The molecule has 3 rings (SSSR count). The smallest absolute Gasteiger partial charge is 0.324 e. The van der Waals surface area contributed by atoms with Crippen LogP contribution in [0, 0.1) is 5.82 Å². The summed E-state index contributed by atoms with van der Waals surface area (Å²) in [5.41, 5.74) is 1.55. The van der Waals surface area contributed by atoms with Crippen LogP contribution < -0.4 is 5.32 Å². The van der Waals surface area contributed by atoms with Crippen molar-refractivity contribution in [1.82, 2.24) is 10.2 Å². The number of aliphatic hydroxyl groups is 1. The molecule has 0 bridgehead atoms. The molecule has 1 heterocycles. The first-order valence-corrected chi connectivity index (χ1v) is 8.14. The second kappa shape index (κ2) is 7.44. The third kappa shape index (κ3) is 4.03. The summed E-state index contributed by atoms with van der Waals surface area (Å²) in [6.45, 7) is -0.155. The summed E-state index contributed by atoms with van der Waals surface area (Å²) in [5, 5.41) is 12.9. The number of halogens is 1. The van der Waals surface area contributed by atoms with Crippen LogP contribution in [0.5, 0.6) is 0 Å². The van der Waals surface area contributed by atoms with Gasteiger partial charge >= 0.3 is 6.03 Å². The van der Waals surface area contributed by atoms with E-state index in [2.05, 4.69) is 5.32 Å². The van der Waals surface area contributed by atoms with Gasteiger partial charge in [0, 0.05) is 0 Å². The van der Waals surface area contributed by atoms with E-state index in [1.54, 1.807) is 0 Å². The first-order valence-electron chi connectivity index (χ1n) is 8.14. The average Bonchev–Trinajstić information content (AvgIpc) is 2.89. The average molecular weight is 342 g/mol. The Bertz CT molecular complexity index is 749. The monoisotopic (exact) mass is 342 g/mol. The van der Waals surface area contributed by atoms with Crippen LogP contribution in [0.4, 0.5) is 9.18 Å². The van der Waals surface area contributed by atoms with E-state index in [1.807, 2.05) is 30.3 Å². The van der Waals surface area contributed by atoms with Gasteiger partial charge in [-0.3, -0.25) is 9.69 Å². The van der Waals surface area contributed by atoms with E-state index in [9.17, 15) is 19.1 Å². The molecule has 0 spiro atoms. The molecule has 3 amide bonds. The molecule has 6 heteroatoms. The predicted octanol–water partition coefficient (Wildman–Crippen LogP) is 2.41. The first-order chi connectivity index (χ1) is 12.0. The number of hydrogen-bond acceptors (Lipinski definition) is 3. The lowest BCUT2D eigenvalue weighted by Gasteiger charge is -2.18. The van der Waals surface area contributed by atoms with Gasteiger partial charge in [-0.2, -0.15) is 0 Å². The molecular formula is C19H19FN2O3. The highest BCUT2D eigenvalue weighted by atomic mass is 19.1. The van der Waals surface area contributed by atoms with Gasteiger partial charge in [0.2, 0.25) is 0 Å². The molecule has 130 valence electrons. The third-order valence-electron chi connectivity index (χ3n) is 4.28. The molecule has 1 aliphatic rings. The zero-order chi connectivity index (χ0) is 17.8. The Morgan fingerprint density at radius 2 is 1.76 bits per heavy atom. The number of aliphatic hydroxyl groups excluding tert-OH is 1. The first kappa shape index (κ1) is 17.1. The van der Waals surface area contributed by atoms with Crippen molar-refractivity contribution >= 4 is 11.9 Å². The molecule has 2 atom stereocenters. The zero-order valence-corrected chi connectivity index (χ0v) is 13.6. The van der Waals surface area contributed by atoms with Crippen LogP contribution in [-0.4, -0.2) is 34.5 Å². The maximum atomic E-state index is 12.9. The Hall–Kier alpha value is -2.73. The fraction of sp³-hybridized carbons (Fsp3) is 0.263. The number of urea groups is 1. The number of carbonyl (C=O) groups excluding carboxylic acids is 2. The van der Waals surface area contributed by atoms with E-state index in [1.165, 1.54) is 24.3 Å². The summed E-state index contributed by atoms with van der Waals surface area (Å²) in [4.78, 5) is 25.5. The Morgan fingerprint density at radius 3 is 2.44 bits per heavy atom. The van der Waals surface area contributed by atoms with Gasteiger partial charge in [-0.05, 0) is 36.1 Å². The Morgan fingerprint density at radius 1 is 1.08 bits per heavy atom. The number of nitrogens with zero attached hydrogens (tertiary/aromatic N) is 1. The number of aryl methyl sites for hydroxylation is 1. The minimum atomic E-state index is -1.05. The Kier molecular flexibility index (Phi) is 5.09. The highest BCUT2D eigenvalue weighted by Crippen LogP contribution is 2.19. The summed E-state index contributed by atoms with van der Waals surface area (Å²) in [7, 11) is 0. The molecule has 1 fully saturated rings. The lowest BCUT2D eigenvalue weighted by Crippen LogP contribution is -2.35. The van der Waals surface area contributed by atoms with E-state index >= 15 is 0 Å². The number of carbonyl (C=O) groups is 2. The van der Waals surface area contributed by atoms with Gasteiger partial charge in [-0.15, -0.1) is 0 Å². The van der Waals surface area contributed by atoms with Crippen molar-refractivity contribution < 1.29 is 19.1 Å². The third-order valence-corrected chi connectivity index (χ3v) is 4.28. The van der Waals surface area contributed by atoms with E-state index in [4.69, 9.17) is 0 Å². The zero-order valence-electron chi connectivity index (χ0n) is 13.6. The second-order valence-electron chi connectivity index (χ2n) is 6.04. The minimum absolute atomic E-state index is 0.155. The van der Waals surface area contributed by atoms with E-state index in [0.717, 1.165) is 10.5 Å². The second-order valence-corrected chi connectivity index (χ2v) is 6.04. The van der Waals surface area contributed by atoms with Gasteiger partial charge in [0.15, 0.2) is 0 Å². The molecule has 1 saturated heterocycles. The maximum Gasteiger partial charge on any atom is 0.324 e. The number of nitrogens with one attached hydrogen (secondary N) is 1. The lowest BCUT2D eigenvalue weighted by atomic mass is 10.0. The summed E-state index contributed by atoms with van der Waals surface area (Å²) in [6, 6.07) is 13.9. The van der Waals surface area contributed by atoms with Gasteiger partial charge in [0.25, 0.3) is 5.91 Å². The van der Waals surface area contributed by atoms with Crippen molar-refractivity contribution in [3.63, 3.8) is 0 Å². The highest BCUT2D eigenvalue weighted by molar-refractivity contribution is 6.04. The van der Waals surface area contributed by atoms with Crippen LogP contribution in [0.2, 0.25) is 0 Å². The molecule has 0 aliphatic carbocycles. The highest BCUT2D eigenvalue weighted by Gasteiger charge is 2.38. The van der Waals surface area contributed by atoms with E-state index in [-0.39, 0.29) is 12.5 Å². The van der Waals surface area contributed by atoms with Crippen molar-refractivity contribution in [3.05, 3.63) is 71.5 Å². The quantitative estimate of drug-likeness (QED) is 0.792. The van der Waals surface area contributed by atoms with Crippen molar-refractivity contribution in [2.45, 2.75) is 25.0 Å². The summed E-state index contributed by atoms with van der Waals surface area (Å²) in [6.07, 6.45) is 0.118. The van der Waals surface area contributed by atoms with Crippen LogP contribution in [0.1, 0.15) is 23.7 Å². The van der Waals surface area contributed by atoms with Crippen LogP contribution in [0.15, 0.2) is 54.6 Å². The number of imide groups is 1. The molecule has 0 aromatic heterocycles. The van der Waals surface area contributed by atoms with E-state index < -0.39 is 24.0 Å². The van der Waals surface area contributed by atoms with Crippen LogP contribution in [-0.2, 0) is 11.2 Å². The predicted molar refractivity (Wildman–Crippen MR) is 90.2 cm³/mol. The number of β-amino-alcohol motifs (C(OH)–C–C–N with tert-alkyl or cyclic N) is 1. The summed E-state index contributed by atoms with van der Waals surface area (Å²) in [5.74, 6) is -0.756. The fourth-order valence-corrected chi connectivity index (χ4v) is 2.86. The molecule has 0 unspecified atom stereocenters. The summed E-state index contributed by atoms with van der Waals surface area (Å²) >= 11 is 0. The van der Waals surface area contributed by atoms with Crippen LogP contribution >= 0.6 is 0 Å². The Labute approximate surface area is 145 Å². The van der Waals surface area contributed by atoms with Gasteiger partial charge < -0.3 is 10.4 Å². The topological polar surface area (TPSA) is 69.6 Å². The Balaban J connectivity index is 1.60. The minimum Gasteiger partial charge on any atom is -0.387 e. The van der Waals surface area contributed by atoms with Gasteiger partial charge in [-0.25, -0.2) is 9.18 Å². The van der Waals surface area contributed by atoms with Crippen molar-refractivity contribution in [2.75, 3.05) is 6.54 Å². The SMILES string of the molecule is O=C1N[C@@H](CCc2ccccc2)C(=O)N1C[C@H](O)c1ccc(F)cc1. The number of rotatable bonds is 6. The number of benzene rings is 2. The molecule has 0 saturated carbocycles. The summed E-state index contributed by atoms with van der Waals surface area (Å²) < 4.78 is 12.9. The van der Waals surface area contributed by atoms with Crippen LogP contribution in [0.25, 0.3) is 0 Å². The van der Waals surface area contributed by atoms with Crippen molar-refractivity contribution in [2.24, 2.45) is 0 Å². The normalized spacial score (nSPS) is 18.3. The standard InChI is InChI=1S/C19H19FN2O3/c20-15-9-7-14(8-10-15)17(23)12-22-18(24)16(21-19(22)25)11-6-13-4-2-1-3-5-13/h1-5,7-10,16-17,23H,6,11-12H2,(H,21,25)/t16-,17-/m0/s1. The molecule has 5 nitrogen and oxygen atoms in total. The molecule has 2 N–H and O–H groups in total. The number of hydrogen-bond donors (Lipinski definition) is 2. The molecular weight excluding hydrogens is 323 g/mol. The molecule has 25 heavy (non-hydrogen) atoms. The van der Waals surface area contributed by atoms with E-state index in [0.29, 0.717) is 18.4 Å². The van der Waals surface area contributed by atoms with Gasteiger partial charge in [0.1, 0.15) is 11.9 Å². The largest absolute Gasteiger partial charge is 0.387 e. The van der Waals surface area contributed by atoms with Gasteiger partial charge in [0.05, 0.1) is 12.6 Å². The van der Waals surface area contributed by atoms with Crippen LogP contribution in [0.3, 0.4) is 0 Å². The maximum absolute atomic E-state index is 12.9. The molecule has 0 radical (unpaired) electrons. The van der Waals surface area contributed by atoms with Gasteiger partial charge in [-0.1, -0.05) is 42.5 Å². The van der Waals surface area contributed by atoms with Crippen molar-refractivity contribution in [3.8, 4) is 0 Å². The number of amides is 3. The van der Waals surface area contributed by atoms with Crippen molar-refractivity contribution in [1.29, 1.82) is 0 Å². The molecule has 2 aromatic rings. The molecule has 1 aliphatic heterocycles. The fourth-order valence-electron chi connectivity index (χ4n) is 2.86. The molecule has 2 aromatic carbocycles. The lowest BCUT2D eigenvalue weighted by molar-refractivity contribution is -0.128.